The summed E-state index contributed by atoms with van der Waals surface area (Å²) in [6, 6.07) is 0. The number of ether oxygens (including phenoxy) is 3. The molecule has 0 bridgehead atoms. The molecule has 0 aromatic carbocycles. The third-order valence-electron chi connectivity index (χ3n) is 14.9. The molecule has 0 radical (unpaired) electrons. The molecule has 6 heteroatoms. The summed E-state index contributed by atoms with van der Waals surface area (Å²) >= 11 is 0. The van der Waals surface area contributed by atoms with Crippen molar-refractivity contribution in [2.24, 2.45) is 0 Å². The van der Waals surface area contributed by atoms with Crippen LogP contribution in [0.25, 0.3) is 0 Å². The van der Waals surface area contributed by atoms with E-state index in [0.717, 1.165) is 64.2 Å². The van der Waals surface area contributed by atoms with E-state index in [1.165, 1.54) is 244 Å². The molecule has 0 aromatic heterocycles. The van der Waals surface area contributed by atoms with Crippen LogP contribution in [0.3, 0.4) is 0 Å². The number of esters is 3. The van der Waals surface area contributed by atoms with Crippen LogP contribution in [0.5, 0.6) is 0 Å². The summed E-state index contributed by atoms with van der Waals surface area (Å²) in [5.74, 6) is -0.955. The normalized spacial score (nSPS) is 12.3. The molecule has 0 fully saturated rings. The Morgan fingerprint density at radius 2 is 0.520 bits per heavy atom. The molecule has 75 heavy (non-hydrogen) atoms. The minimum absolute atomic E-state index is 0.0902. The maximum Gasteiger partial charge on any atom is 0.306 e. The molecule has 1 atom stereocenters. The topological polar surface area (TPSA) is 78.9 Å². The van der Waals surface area contributed by atoms with Gasteiger partial charge in [-0.1, -0.05) is 339 Å². The van der Waals surface area contributed by atoms with Crippen LogP contribution >= 0.6 is 0 Å². The molecule has 0 aliphatic carbocycles. The molecule has 0 saturated heterocycles. The van der Waals surface area contributed by atoms with Gasteiger partial charge in [-0.25, -0.2) is 0 Å². The molecule has 438 valence electrons. The summed E-state index contributed by atoms with van der Waals surface area (Å²) < 4.78 is 16.8. The molecular formula is C69H126O6. The van der Waals surface area contributed by atoms with E-state index in [1.807, 2.05) is 6.08 Å². The largest absolute Gasteiger partial charge is 0.462 e. The fraction of sp³-hybridized carbons (Fsp3) is 0.841. The van der Waals surface area contributed by atoms with Gasteiger partial charge in [-0.3, -0.25) is 14.4 Å². The average molecular weight is 1050 g/mol. The Labute approximate surface area is 467 Å². The summed E-state index contributed by atoms with van der Waals surface area (Å²) in [7, 11) is 0. The minimum Gasteiger partial charge on any atom is -0.462 e. The molecule has 0 N–H and O–H groups in total. The van der Waals surface area contributed by atoms with Crippen molar-refractivity contribution < 1.29 is 28.6 Å². The molecule has 0 aliphatic rings. The summed E-state index contributed by atoms with van der Waals surface area (Å²) in [6.45, 7) is 6.52. The van der Waals surface area contributed by atoms with E-state index in [2.05, 4.69) is 63.3 Å². The Kier molecular flexibility index (Phi) is 61.7. The number of allylic oxidation sites excluding steroid dienone is 8. The first-order valence-electron chi connectivity index (χ1n) is 33.1. The van der Waals surface area contributed by atoms with Gasteiger partial charge in [0.25, 0.3) is 0 Å². The van der Waals surface area contributed by atoms with Crippen LogP contribution in [0.4, 0.5) is 0 Å². The fourth-order valence-electron chi connectivity index (χ4n) is 9.93. The van der Waals surface area contributed by atoms with Gasteiger partial charge in [0.2, 0.25) is 0 Å². The Morgan fingerprint density at radius 1 is 0.280 bits per heavy atom. The van der Waals surface area contributed by atoms with Gasteiger partial charge in [0, 0.05) is 19.3 Å². The standard InChI is InChI=1S/C69H126O6/c1-4-7-10-13-16-19-22-25-27-28-29-30-31-32-33-34-35-36-37-38-39-40-41-42-45-47-50-53-56-59-62-68(71)74-65-66(64-73-67(70)61-58-55-52-49-46-43-24-21-18-15-12-9-6-3)75-69(72)63-60-57-54-51-48-44-26-23-20-17-14-11-8-5-2/h9,12,18,21,43,46,52,55,66H,4-8,10-11,13-17,19-20,22-42,44-45,47-51,53-54,56-65H2,1-3H3/b12-9-,21-18-,46-43-,55-52-. The number of hydrogen-bond donors (Lipinski definition) is 0. The lowest BCUT2D eigenvalue weighted by atomic mass is 10.0. The summed E-state index contributed by atoms with van der Waals surface area (Å²) in [5, 5.41) is 0. The Hall–Kier alpha value is -2.63. The van der Waals surface area contributed by atoms with Gasteiger partial charge >= 0.3 is 17.9 Å². The molecular weight excluding hydrogens is 925 g/mol. The van der Waals surface area contributed by atoms with E-state index >= 15 is 0 Å². The first-order valence-corrected chi connectivity index (χ1v) is 33.1. The highest BCUT2D eigenvalue weighted by molar-refractivity contribution is 5.71. The van der Waals surface area contributed by atoms with E-state index in [9.17, 15) is 14.4 Å². The number of carbonyl (C=O) groups is 3. The van der Waals surface area contributed by atoms with Crippen molar-refractivity contribution in [3.63, 3.8) is 0 Å². The zero-order chi connectivity index (χ0) is 54.3. The van der Waals surface area contributed by atoms with Crippen molar-refractivity contribution in [1.29, 1.82) is 0 Å². The lowest BCUT2D eigenvalue weighted by Crippen LogP contribution is -2.30. The molecule has 0 heterocycles. The van der Waals surface area contributed by atoms with Crippen molar-refractivity contribution in [3.05, 3.63) is 48.6 Å². The van der Waals surface area contributed by atoms with Gasteiger partial charge in [-0.2, -0.15) is 0 Å². The smallest absolute Gasteiger partial charge is 0.306 e. The molecule has 0 amide bonds. The first kappa shape index (κ1) is 72.4. The Balaban J connectivity index is 4.14. The van der Waals surface area contributed by atoms with Gasteiger partial charge in [0.05, 0.1) is 0 Å². The molecule has 1 unspecified atom stereocenters. The number of hydrogen-bond acceptors (Lipinski definition) is 6. The molecule has 0 saturated carbocycles. The van der Waals surface area contributed by atoms with E-state index in [-0.39, 0.29) is 37.5 Å². The minimum atomic E-state index is -0.798. The number of unbranched alkanes of at least 4 members (excludes halogenated alkanes) is 42. The van der Waals surface area contributed by atoms with Gasteiger partial charge in [0.1, 0.15) is 13.2 Å². The van der Waals surface area contributed by atoms with E-state index in [1.54, 1.807) is 0 Å². The third kappa shape index (κ3) is 62.1. The second-order valence-corrected chi connectivity index (χ2v) is 22.4. The van der Waals surface area contributed by atoms with Crippen molar-refractivity contribution in [2.75, 3.05) is 13.2 Å². The van der Waals surface area contributed by atoms with Crippen LogP contribution in [0.1, 0.15) is 355 Å². The van der Waals surface area contributed by atoms with E-state index < -0.39 is 6.10 Å². The SMILES string of the molecule is CC/C=C\C/C=C\C/C=C\C/C=C\CCC(=O)OCC(COC(=O)CCCCCCCCCCCCCCCCCCCCCCCCCCCCCCCC)OC(=O)CCCCCCCCCCCCCCCC. The third-order valence-corrected chi connectivity index (χ3v) is 14.9. The summed E-state index contributed by atoms with van der Waals surface area (Å²) in [4.78, 5) is 38.2. The number of rotatable bonds is 61. The van der Waals surface area contributed by atoms with Gasteiger partial charge in [-0.05, 0) is 44.9 Å². The van der Waals surface area contributed by atoms with Crippen LogP contribution in [0.2, 0.25) is 0 Å². The Bertz CT molecular complexity index is 1300. The second-order valence-electron chi connectivity index (χ2n) is 22.4. The van der Waals surface area contributed by atoms with Gasteiger partial charge in [0.15, 0.2) is 6.10 Å². The predicted octanol–water partition coefficient (Wildman–Crippen LogP) is 22.6. The highest BCUT2D eigenvalue weighted by atomic mass is 16.6. The van der Waals surface area contributed by atoms with Crippen LogP contribution in [0.15, 0.2) is 48.6 Å². The molecule has 0 spiro atoms. The van der Waals surface area contributed by atoms with Crippen molar-refractivity contribution in [1.82, 2.24) is 0 Å². The molecule has 6 nitrogen and oxygen atoms in total. The quantitative estimate of drug-likeness (QED) is 0.0261. The number of carbonyl (C=O) groups excluding carboxylic acids is 3. The zero-order valence-corrected chi connectivity index (χ0v) is 50.3. The highest BCUT2D eigenvalue weighted by Crippen LogP contribution is 2.18. The van der Waals surface area contributed by atoms with Crippen LogP contribution in [-0.4, -0.2) is 37.2 Å². The van der Waals surface area contributed by atoms with Crippen molar-refractivity contribution in [3.8, 4) is 0 Å². The first-order chi connectivity index (χ1) is 37.0. The average Bonchev–Trinajstić information content (AvgIpc) is 3.41. The molecule has 0 rings (SSSR count). The lowest BCUT2D eigenvalue weighted by molar-refractivity contribution is -0.166. The van der Waals surface area contributed by atoms with Crippen molar-refractivity contribution >= 4 is 17.9 Å². The monoisotopic (exact) mass is 1050 g/mol. The lowest BCUT2D eigenvalue weighted by Gasteiger charge is -2.18. The van der Waals surface area contributed by atoms with Crippen LogP contribution < -0.4 is 0 Å². The fourth-order valence-corrected chi connectivity index (χ4v) is 9.93. The van der Waals surface area contributed by atoms with Gasteiger partial charge in [-0.15, -0.1) is 0 Å². The van der Waals surface area contributed by atoms with E-state index in [0.29, 0.717) is 19.3 Å². The maximum atomic E-state index is 12.9. The van der Waals surface area contributed by atoms with Crippen LogP contribution in [0, 0.1) is 0 Å². The predicted molar refractivity (Wildman–Crippen MR) is 325 cm³/mol. The van der Waals surface area contributed by atoms with E-state index in [4.69, 9.17) is 14.2 Å². The molecule has 0 aliphatic heterocycles. The van der Waals surface area contributed by atoms with Gasteiger partial charge < -0.3 is 14.2 Å². The highest BCUT2D eigenvalue weighted by Gasteiger charge is 2.19. The van der Waals surface area contributed by atoms with Crippen molar-refractivity contribution in [2.45, 2.75) is 361 Å². The summed E-state index contributed by atoms with van der Waals surface area (Å²) in [5.41, 5.74) is 0. The maximum absolute atomic E-state index is 12.9. The summed E-state index contributed by atoms with van der Waals surface area (Å²) in [6.07, 6.45) is 80.3. The van der Waals surface area contributed by atoms with Crippen LogP contribution in [-0.2, 0) is 28.6 Å². The molecule has 0 aromatic rings. The zero-order valence-electron chi connectivity index (χ0n) is 50.3. The second kappa shape index (κ2) is 63.9. The Morgan fingerprint density at radius 3 is 0.813 bits per heavy atom.